The smallest absolute Gasteiger partial charge is 0.313 e. The van der Waals surface area contributed by atoms with Crippen molar-refractivity contribution >= 4 is 5.97 Å². The van der Waals surface area contributed by atoms with Crippen molar-refractivity contribution in [1.29, 1.82) is 5.26 Å². The molecule has 0 aromatic heterocycles. The van der Waals surface area contributed by atoms with Gasteiger partial charge in [0.05, 0.1) is 17.6 Å². The molecule has 0 saturated heterocycles. The maximum absolute atomic E-state index is 11.9. The Labute approximate surface area is 102 Å². The highest BCUT2D eigenvalue weighted by Gasteiger charge is 2.22. The molecule has 3 heteroatoms. The third kappa shape index (κ3) is 3.92. The number of esters is 1. The van der Waals surface area contributed by atoms with Gasteiger partial charge < -0.3 is 4.74 Å². The molecule has 0 radical (unpaired) electrons. The SMILES string of the molecule is CC(C(=O)OC(C)(C)C)c1cccc(C#N)c1. The van der Waals surface area contributed by atoms with Crippen LogP contribution in [0.1, 0.15) is 44.7 Å². The standard InChI is InChI=1S/C14H17NO2/c1-10(13(16)17-14(2,3)4)12-7-5-6-11(8-12)9-15/h5-8,10H,1-4H3. The van der Waals surface area contributed by atoms with Crippen molar-refractivity contribution in [3.63, 3.8) is 0 Å². The lowest BCUT2D eigenvalue weighted by Gasteiger charge is -2.22. The molecule has 90 valence electrons. The quantitative estimate of drug-likeness (QED) is 0.735. The van der Waals surface area contributed by atoms with Gasteiger partial charge in [-0.05, 0) is 45.4 Å². The first-order chi connectivity index (χ1) is 7.83. The molecule has 0 saturated carbocycles. The number of carbonyl (C=O) groups excluding carboxylic acids is 1. The molecule has 0 N–H and O–H groups in total. The summed E-state index contributed by atoms with van der Waals surface area (Å²) in [5.41, 5.74) is 0.870. The topological polar surface area (TPSA) is 50.1 Å². The average molecular weight is 231 g/mol. The van der Waals surface area contributed by atoms with Crippen LogP contribution in [0.25, 0.3) is 0 Å². The van der Waals surface area contributed by atoms with Crippen LogP contribution in [-0.4, -0.2) is 11.6 Å². The van der Waals surface area contributed by atoms with Gasteiger partial charge in [-0.1, -0.05) is 12.1 Å². The van der Waals surface area contributed by atoms with Crippen molar-refractivity contribution in [3.8, 4) is 6.07 Å². The molecule has 0 bridgehead atoms. The van der Waals surface area contributed by atoms with Crippen molar-refractivity contribution in [2.75, 3.05) is 0 Å². The van der Waals surface area contributed by atoms with E-state index in [1.165, 1.54) is 0 Å². The lowest BCUT2D eigenvalue weighted by molar-refractivity contribution is -0.156. The maximum atomic E-state index is 11.9. The summed E-state index contributed by atoms with van der Waals surface area (Å²) in [4.78, 5) is 11.9. The van der Waals surface area contributed by atoms with Gasteiger partial charge in [-0.15, -0.1) is 0 Å². The second-order valence-corrected chi connectivity index (χ2v) is 4.99. The Bertz CT molecular complexity index is 452. The summed E-state index contributed by atoms with van der Waals surface area (Å²) in [6.45, 7) is 7.29. The van der Waals surface area contributed by atoms with Crippen molar-refractivity contribution in [2.45, 2.75) is 39.2 Å². The van der Waals surface area contributed by atoms with Crippen molar-refractivity contribution in [1.82, 2.24) is 0 Å². The number of nitrogens with zero attached hydrogens (tertiary/aromatic N) is 1. The van der Waals surface area contributed by atoms with Crippen molar-refractivity contribution < 1.29 is 9.53 Å². The van der Waals surface area contributed by atoms with E-state index in [0.29, 0.717) is 5.56 Å². The molecular formula is C14H17NO2. The molecule has 0 aliphatic heterocycles. The third-order valence-electron chi connectivity index (χ3n) is 2.28. The zero-order valence-electron chi connectivity index (χ0n) is 10.7. The summed E-state index contributed by atoms with van der Waals surface area (Å²) in [7, 11) is 0. The summed E-state index contributed by atoms with van der Waals surface area (Å²) in [6, 6.07) is 9.09. The molecule has 0 spiro atoms. The summed E-state index contributed by atoms with van der Waals surface area (Å²) < 4.78 is 5.31. The van der Waals surface area contributed by atoms with E-state index in [1.54, 1.807) is 25.1 Å². The van der Waals surface area contributed by atoms with Gasteiger partial charge in [0.2, 0.25) is 0 Å². The van der Waals surface area contributed by atoms with E-state index in [4.69, 9.17) is 10.00 Å². The van der Waals surface area contributed by atoms with Crippen LogP contribution >= 0.6 is 0 Å². The van der Waals surface area contributed by atoms with Gasteiger partial charge >= 0.3 is 5.97 Å². The first kappa shape index (κ1) is 13.2. The Morgan fingerprint density at radius 1 is 1.41 bits per heavy atom. The molecule has 0 aliphatic rings. The van der Waals surface area contributed by atoms with Gasteiger partial charge in [-0.2, -0.15) is 5.26 Å². The number of benzene rings is 1. The summed E-state index contributed by atoms with van der Waals surface area (Å²) in [5.74, 6) is -0.630. The molecule has 1 rings (SSSR count). The Kier molecular flexibility index (Phi) is 3.90. The van der Waals surface area contributed by atoms with Gasteiger partial charge in [0.15, 0.2) is 0 Å². The van der Waals surface area contributed by atoms with Crippen LogP contribution in [0.2, 0.25) is 0 Å². The van der Waals surface area contributed by atoms with Crippen LogP contribution in [0.3, 0.4) is 0 Å². The lowest BCUT2D eigenvalue weighted by Crippen LogP contribution is -2.26. The number of rotatable bonds is 2. The van der Waals surface area contributed by atoms with Gasteiger partial charge in [0, 0.05) is 0 Å². The van der Waals surface area contributed by atoms with Gasteiger partial charge in [0.1, 0.15) is 5.60 Å². The molecule has 1 atom stereocenters. The minimum absolute atomic E-state index is 0.271. The van der Waals surface area contributed by atoms with Crippen LogP contribution in [-0.2, 0) is 9.53 Å². The Morgan fingerprint density at radius 2 is 2.06 bits per heavy atom. The minimum Gasteiger partial charge on any atom is -0.460 e. The molecule has 0 aliphatic carbocycles. The maximum Gasteiger partial charge on any atom is 0.313 e. The highest BCUT2D eigenvalue weighted by Crippen LogP contribution is 2.20. The van der Waals surface area contributed by atoms with Gasteiger partial charge in [0.25, 0.3) is 0 Å². The Balaban J connectivity index is 2.86. The number of hydrogen-bond donors (Lipinski definition) is 0. The zero-order chi connectivity index (χ0) is 13.1. The Hall–Kier alpha value is -1.82. The van der Waals surface area contributed by atoms with Crippen molar-refractivity contribution in [3.05, 3.63) is 35.4 Å². The van der Waals surface area contributed by atoms with Crippen LogP contribution in [0.4, 0.5) is 0 Å². The van der Waals surface area contributed by atoms with Crippen LogP contribution < -0.4 is 0 Å². The predicted octanol–water partition coefficient (Wildman–Crippen LogP) is 3.00. The minimum atomic E-state index is -0.488. The van der Waals surface area contributed by atoms with Crippen LogP contribution in [0.5, 0.6) is 0 Å². The molecule has 17 heavy (non-hydrogen) atoms. The van der Waals surface area contributed by atoms with E-state index in [0.717, 1.165) is 5.56 Å². The van der Waals surface area contributed by atoms with E-state index in [1.807, 2.05) is 26.8 Å². The molecular weight excluding hydrogens is 214 g/mol. The predicted molar refractivity (Wildman–Crippen MR) is 65.4 cm³/mol. The molecule has 1 aromatic carbocycles. The lowest BCUT2D eigenvalue weighted by atomic mass is 9.99. The second kappa shape index (κ2) is 5.01. The normalized spacial score (nSPS) is 12.6. The largest absolute Gasteiger partial charge is 0.460 e. The molecule has 1 unspecified atom stereocenters. The first-order valence-electron chi connectivity index (χ1n) is 5.56. The molecule has 0 amide bonds. The molecule has 3 nitrogen and oxygen atoms in total. The molecule has 1 aromatic rings. The highest BCUT2D eigenvalue weighted by molar-refractivity contribution is 5.78. The van der Waals surface area contributed by atoms with E-state index in [-0.39, 0.29) is 11.9 Å². The molecule has 0 fully saturated rings. The van der Waals surface area contributed by atoms with E-state index in [2.05, 4.69) is 6.07 Å². The van der Waals surface area contributed by atoms with Crippen LogP contribution in [0, 0.1) is 11.3 Å². The first-order valence-corrected chi connectivity index (χ1v) is 5.56. The Morgan fingerprint density at radius 3 is 2.59 bits per heavy atom. The summed E-state index contributed by atoms with van der Waals surface area (Å²) in [5, 5.41) is 8.80. The number of carbonyl (C=O) groups is 1. The fraction of sp³-hybridized carbons (Fsp3) is 0.429. The third-order valence-corrected chi connectivity index (χ3v) is 2.28. The van der Waals surface area contributed by atoms with E-state index >= 15 is 0 Å². The second-order valence-electron chi connectivity index (χ2n) is 4.99. The van der Waals surface area contributed by atoms with E-state index in [9.17, 15) is 4.79 Å². The van der Waals surface area contributed by atoms with Gasteiger partial charge in [-0.25, -0.2) is 0 Å². The van der Waals surface area contributed by atoms with Gasteiger partial charge in [-0.3, -0.25) is 4.79 Å². The summed E-state index contributed by atoms with van der Waals surface area (Å²) in [6.07, 6.45) is 0. The summed E-state index contributed by atoms with van der Waals surface area (Å²) >= 11 is 0. The van der Waals surface area contributed by atoms with Crippen molar-refractivity contribution in [2.24, 2.45) is 0 Å². The number of hydrogen-bond acceptors (Lipinski definition) is 3. The fourth-order valence-corrected chi connectivity index (χ4v) is 1.40. The van der Waals surface area contributed by atoms with Crippen LogP contribution in [0.15, 0.2) is 24.3 Å². The highest BCUT2D eigenvalue weighted by atomic mass is 16.6. The number of ether oxygens (including phenoxy) is 1. The number of nitriles is 1. The molecule has 0 heterocycles. The zero-order valence-corrected chi connectivity index (χ0v) is 10.7. The van der Waals surface area contributed by atoms with E-state index < -0.39 is 5.60 Å². The average Bonchev–Trinajstić information content (AvgIpc) is 2.26. The monoisotopic (exact) mass is 231 g/mol. The fourth-order valence-electron chi connectivity index (χ4n) is 1.40.